The standard InChI is InChI=1S/C20H34O6/c1-2-3-4-5-6-7-9-15(21)12-13-16(22)19-14-17(23)18(26-19)10-8-11-20(24)25/h6-7,12-13,15-19,21-23H,2-5,8-11,14H2,1H3,(H,24,25)/b7-6-,13-12-/t15-,16-,17-,18+,19-/m0/s1. The molecule has 0 bridgehead atoms. The third-order valence-electron chi connectivity index (χ3n) is 4.56. The average molecular weight is 370 g/mol. The zero-order chi connectivity index (χ0) is 19.4. The summed E-state index contributed by atoms with van der Waals surface area (Å²) in [6.45, 7) is 2.16. The molecule has 5 atom stereocenters. The molecule has 1 aliphatic heterocycles. The number of carboxylic acid groups (broad SMARTS) is 1. The van der Waals surface area contributed by atoms with Crippen LogP contribution in [0.1, 0.15) is 64.7 Å². The first kappa shape index (κ1) is 22.8. The predicted molar refractivity (Wildman–Crippen MR) is 99.8 cm³/mol. The third-order valence-corrected chi connectivity index (χ3v) is 4.56. The molecule has 0 aromatic heterocycles. The van der Waals surface area contributed by atoms with Crippen molar-refractivity contribution in [1.82, 2.24) is 0 Å². The van der Waals surface area contributed by atoms with E-state index in [2.05, 4.69) is 13.0 Å². The molecule has 0 radical (unpaired) electrons. The summed E-state index contributed by atoms with van der Waals surface area (Å²) in [7, 11) is 0. The molecular weight excluding hydrogens is 336 g/mol. The normalized spacial score (nSPS) is 25.9. The van der Waals surface area contributed by atoms with E-state index in [1.54, 1.807) is 6.08 Å². The van der Waals surface area contributed by atoms with E-state index in [1.165, 1.54) is 18.9 Å². The largest absolute Gasteiger partial charge is 0.481 e. The molecule has 1 aliphatic rings. The zero-order valence-electron chi connectivity index (χ0n) is 15.7. The van der Waals surface area contributed by atoms with Gasteiger partial charge in [-0.15, -0.1) is 0 Å². The van der Waals surface area contributed by atoms with E-state index in [9.17, 15) is 20.1 Å². The summed E-state index contributed by atoms with van der Waals surface area (Å²) >= 11 is 0. The molecule has 0 amide bonds. The summed E-state index contributed by atoms with van der Waals surface area (Å²) < 4.78 is 5.65. The Labute approximate surface area is 156 Å². The first-order valence-electron chi connectivity index (χ1n) is 9.68. The minimum atomic E-state index is -0.905. The van der Waals surface area contributed by atoms with Crippen LogP contribution in [0.4, 0.5) is 0 Å². The summed E-state index contributed by atoms with van der Waals surface area (Å²) in [5, 5.41) is 38.7. The SMILES string of the molecule is CCCCC/C=C\C[C@H](O)/C=C\[C@H](O)[C@@H]1C[C@H](O)[C@@H](CCCC(=O)O)O1. The van der Waals surface area contributed by atoms with Crippen LogP contribution < -0.4 is 0 Å². The number of carboxylic acids is 1. The molecular formula is C20H34O6. The molecule has 6 nitrogen and oxygen atoms in total. The fourth-order valence-electron chi connectivity index (χ4n) is 3.01. The maximum Gasteiger partial charge on any atom is 0.303 e. The highest BCUT2D eigenvalue weighted by atomic mass is 16.5. The van der Waals surface area contributed by atoms with E-state index in [0.29, 0.717) is 25.7 Å². The number of carbonyl (C=O) groups is 1. The second kappa shape index (κ2) is 13.0. The van der Waals surface area contributed by atoms with Gasteiger partial charge in [0.1, 0.15) is 0 Å². The van der Waals surface area contributed by atoms with Gasteiger partial charge in [0.25, 0.3) is 0 Å². The van der Waals surface area contributed by atoms with Gasteiger partial charge in [-0.05, 0) is 32.1 Å². The van der Waals surface area contributed by atoms with Crippen molar-refractivity contribution in [1.29, 1.82) is 0 Å². The Morgan fingerprint density at radius 3 is 2.65 bits per heavy atom. The number of allylic oxidation sites excluding steroid dienone is 1. The molecule has 6 heteroatoms. The topological polar surface area (TPSA) is 107 Å². The highest BCUT2D eigenvalue weighted by molar-refractivity contribution is 5.66. The lowest BCUT2D eigenvalue weighted by Crippen LogP contribution is -2.25. The van der Waals surface area contributed by atoms with Crippen LogP contribution in [0.3, 0.4) is 0 Å². The van der Waals surface area contributed by atoms with Crippen LogP contribution in [0.2, 0.25) is 0 Å². The first-order valence-corrected chi connectivity index (χ1v) is 9.68. The van der Waals surface area contributed by atoms with E-state index in [4.69, 9.17) is 9.84 Å². The number of aliphatic carboxylic acids is 1. The molecule has 0 unspecified atom stereocenters. The summed E-state index contributed by atoms with van der Waals surface area (Å²) in [5.74, 6) is -0.870. The number of hydrogen-bond donors (Lipinski definition) is 4. The molecule has 1 heterocycles. The van der Waals surface area contributed by atoms with Gasteiger partial charge in [0.15, 0.2) is 0 Å². The average Bonchev–Trinajstić information content (AvgIpc) is 2.96. The van der Waals surface area contributed by atoms with Crippen LogP contribution in [-0.2, 0) is 9.53 Å². The number of hydrogen-bond acceptors (Lipinski definition) is 5. The maximum absolute atomic E-state index is 10.5. The van der Waals surface area contributed by atoms with Crippen molar-refractivity contribution in [2.24, 2.45) is 0 Å². The molecule has 150 valence electrons. The van der Waals surface area contributed by atoms with E-state index >= 15 is 0 Å². The Balaban J connectivity index is 2.29. The van der Waals surface area contributed by atoms with Crippen LogP contribution in [-0.4, -0.2) is 56.9 Å². The van der Waals surface area contributed by atoms with E-state index < -0.39 is 36.5 Å². The van der Waals surface area contributed by atoms with Crippen LogP contribution in [0.25, 0.3) is 0 Å². The van der Waals surface area contributed by atoms with E-state index in [-0.39, 0.29) is 6.42 Å². The van der Waals surface area contributed by atoms with Gasteiger partial charge in [-0.25, -0.2) is 0 Å². The molecule has 1 saturated heterocycles. The van der Waals surface area contributed by atoms with Gasteiger partial charge in [0, 0.05) is 12.8 Å². The van der Waals surface area contributed by atoms with Crippen molar-refractivity contribution >= 4 is 5.97 Å². The van der Waals surface area contributed by atoms with E-state index in [0.717, 1.165) is 12.8 Å². The number of aliphatic hydroxyl groups excluding tert-OH is 3. The van der Waals surface area contributed by atoms with Crippen molar-refractivity contribution in [3.8, 4) is 0 Å². The van der Waals surface area contributed by atoms with Crippen LogP contribution >= 0.6 is 0 Å². The van der Waals surface area contributed by atoms with Gasteiger partial charge >= 0.3 is 5.97 Å². The fraction of sp³-hybridized carbons (Fsp3) is 0.750. The minimum absolute atomic E-state index is 0.0395. The maximum atomic E-state index is 10.5. The molecule has 0 aliphatic carbocycles. The number of rotatable bonds is 13. The number of unbranched alkanes of at least 4 members (excludes halogenated alkanes) is 3. The molecule has 0 aromatic carbocycles. The monoisotopic (exact) mass is 370 g/mol. The molecule has 0 spiro atoms. The molecule has 1 rings (SSSR count). The van der Waals surface area contributed by atoms with Crippen molar-refractivity contribution < 1.29 is 30.0 Å². The highest BCUT2D eigenvalue weighted by Gasteiger charge is 2.36. The van der Waals surface area contributed by atoms with Crippen molar-refractivity contribution in [3.63, 3.8) is 0 Å². The number of aliphatic hydroxyl groups is 3. The second-order valence-electron chi connectivity index (χ2n) is 6.95. The zero-order valence-corrected chi connectivity index (χ0v) is 15.7. The lowest BCUT2D eigenvalue weighted by Gasteiger charge is -2.17. The summed E-state index contributed by atoms with van der Waals surface area (Å²) in [4.78, 5) is 10.5. The predicted octanol–water partition coefficient (Wildman–Crippen LogP) is 2.56. The Hall–Kier alpha value is -1.21. The molecule has 0 aromatic rings. The molecule has 1 fully saturated rings. The van der Waals surface area contributed by atoms with Crippen LogP contribution in [0.15, 0.2) is 24.3 Å². The summed E-state index contributed by atoms with van der Waals surface area (Å²) in [6.07, 6.45) is 10.1. The second-order valence-corrected chi connectivity index (χ2v) is 6.95. The fourth-order valence-corrected chi connectivity index (χ4v) is 3.01. The van der Waals surface area contributed by atoms with Gasteiger partial charge in [-0.1, -0.05) is 44.1 Å². The summed E-state index contributed by atoms with van der Waals surface area (Å²) in [6, 6.07) is 0. The van der Waals surface area contributed by atoms with Gasteiger partial charge in [0.2, 0.25) is 0 Å². The Kier molecular flexibility index (Phi) is 11.4. The number of ether oxygens (including phenoxy) is 1. The Morgan fingerprint density at radius 2 is 1.96 bits per heavy atom. The van der Waals surface area contributed by atoms with Gasteiger partial charge in [-0.2, -0.15) is 0 Å². The van der Waals surface area contributed by atoms with Gasteiger partial charge in [-0.3, -0.25) is 4.79 Å². The van der Waals surface area contributed by atoms with Crippen molar-refractivity contribution in [2.75, 3.05) is 0 Å². The lowest BCUT2D eigenvalue weighted by atomic mass is 10.0. The Morgan fingerprint density at radius 1 is 1.19 bits per heavy atom. The van der Waals surface area contributed by atoms with Gasteiger partial charge in [0.05, 0.1) is 30.5 Å². The molecule has 26 heavy (non-hydrogen) atoms. The van der Waals surface area contributed by atoms with Crippen LogP contribution in [0, 0.1) is 0 Å². The quantitative estimate of drug-likeness (QED) is 0.293. The highest BCUT2D eigenvalue weighted by Crippen LogP contribution is 2.27. The minimum Gasteiger partial charge on any atom is -0.481 e. The van der Waals surface area contributed by atoms with E-state index in [1.807, 2.05) is 6.08 Å². The lowest BCUT2D eigenvalue weighted by molar-refractivity contribution is -0.137. The third kappa shape index (κ3) is 9.48. The smallest absolute Gasteiger partial charge is 0.303 e. The Bertz CT molecular complexity index is 448. The van der Waals surface area contributed by atoms with Crippen LogP contribution in [0.5, 0.6) is 0 Å². The first-order chi connectivity index (χ1) is 12.4. The summed E-state index contributed by atoms with van der Waals surface area (Å²) in [5.41, 5.74) is 0. The van der Waals surface area contributed by atoms with Crippen molar-refractivity contribution in [2.45, 2.75) is 95.2 Å². The molecule has 4 N–H and O–H groups in total. The van der Waals surface area contributed by atoms with Gasteiger partial charge < -0.3 is 25.2 Å². The van der Waals surface area contributed by atoms with Crippen molar-refractivity contribution in [3.05, 3.63) is 24.3 Å². The molecule has 0 saturated carbocycles.